The summed E-state index contributed by atoms with van der Waals surface area (Å²) in [7, 11) is 0. The number of carbonyl (C=O) groups excluding carboxylic acids is 2. The molecule has 2 bridgehead atoms. The van der Waals surface area contributed by atoms with Crippen molar-refractivity contribution in [1.82, 2.24) is 30.0 Å². The molecule has 2 aliphatic rings. The molecule has 0 aliphatic carbocycles. The van der Waals surface area contributed by atoms with E-state index < -0.39 is 0 Å². The van der Waals surface area contributed by atoms with Gasteiger partial charge in [-0.1, -0.05) is 0 Å². The van der Waals surface area contributed by atoms with Crippen LogP contribution in [0.2, 0.25) is 0 Å². The summed E-state index contributed by atoms with van der Waals surface area (Å²) < 4.78 is 1.74. The van der Waals surface area contributed by atoms with E-state index >= 15 is 0 Å². The lowest BCUT2D eigenvalue weighted by atomic mass is 9.96. The molecule has 2 aliphatic heterocycles. The van der Waals surface area contributed by atoms with E-state index in [1.54, 1.807) is 23.1 Å². The van der Waals surface area contributed by atoms with Crippen molar-refractivity contribution in [2.24, 2.45) is 0 Å². The summed E-state index contributed by atoms with van der Waals surface area (Å²) in [5.41, 5.74) is 1.76. The van der Waals surface area contributed by atoms with Gasteiger partial charge in [0.25, 0.3) is 11.8 Å². The third-order valence-electron chi connectivity index (χ3n) is 5.55. The smallest absolute Gasteiger partial charge is 0.272 e. The first-order valence-corrected chi connectivity index (χ1v) is 9.50. The van der Waals surface area contributed by atoms with Gasteiger partial charge in [0.2, 0.25) is 0 Å². The minimum atomic E-state index is -0.198. The number of amides is 2. The number of aromatic nitrogens is 4. The molecule has 1 N–H and O–H groups in total. The molecule has 4 heterocycles. The Morgan fingerprint density at radius 2 is 1.93 bits per heavy atom. The minimum Gasteiger partial charge on any atom is -0.348 e. The van der Waals surface area contributed by atoms with Crippen LogP contribution in [0.1, 0.15) is 59.3 Å². The molecule has 3 atom stereocenters. The first-order valence-electron chi connectivity index (χ1n) is 9.50. The molecule has 2 saturated heterocycles. The van der Waals surface area contributed by atoms with Crippen molar-refractivity contribution in [2.75, 3.05) is 0 Å². The summed E-state index contributed by atoms with van der Waals surface area (Å²) in [6, 6.07) is 2.16. The number of rotatable bonds is 4. The Morgan fingerprint density at radius 3 is 2.56 bits per heavy atom. The Hall–Kier alpha value is -2.77. The van der Waals surface area contributed by atoms with E-state index in [9.17, 15) is 9.59 Å². The van der Waals surface area contributed by atoms with Gasteiger partial charge in [-0.2, -0.15) is 5.10 Å². The number of nitrogens with zero attached hydrogens (tertiary/aromatic N) is 5. The molecule has 1 unspecified atom stereocenters. The van der Waals surface area contributed by atoms with Crippen LogP contribution in [0.3, 0.4) is 0 Å². The van der Waals surface area contributed by atoms with E-state index in [4.69, 9.17) is 0 Å². The van der Waals surface area contributed by atoms with Gasteiger partial charge in [0.15, 0.2) is 0 Å². The number of carbonyl (C=O) groups is 2. The topological polar surface area (TPSA) is 93.0 Å². The number of nitrogens with one attached hydrogen (secondary N) is 1. The zero-order chi connectivity index (χ0) is 19.0. The summed E-state index contributed by atoms with van der Waals surface area (Å²) in [4.78, 5) is 35.8. The van der Waals surface area contributed by atoms with E-state index in [0.717, 1.165) is 31.4 Å². The van der Waals surface area contributed by atoms with Crippen LogP contribution in [0, 0.1) is 6.92 Å². The van der Waals surface area contributed by atoms with Crippen molar-refractivity contribution in [3.05, 3.63) is 41.7 Å². The molecule has 2 fully saturated rings. The maximum atomic E-state index is 13.0. The van der Waals surface area contributed by atoms with Crippen LogP contribution < -0.4 is 5.32 Å². The van der Waals surface area contributed by atoms with Crippen LogP contribution in [0.15, 0.2) is 24.7 Å². The second-order valence-electron chi connectivity index (χ2n) is 7.31. The fourth-order valence-electron chi connectivity index (χ4n) is 4.29. The van der Waals surface area contributed by atoms with Gasteiger partial charge in [0, 0.05) is 37.1 Å². The standard InChI is InChI=1S/C19H24N6O2/c1-3-24-17(6-7-22-24)19(27)25-14-4-5-15(25)9-13(8-14)23-18(26)16-11-20-12(2)10-21-16/h6-7,10-11,13-15H,3-5,8-9H2,1-2H3,(H,23,26)/t13?,14-,15+. The number of hydrogen-bond acceptors (Lipinski definition) is 5. The van der Waals surface area contributed by atoms with Crippen LogP contribution >= 0.6 is 0 Å². The van der Waals surface area contributed by atoms with Gasteiger partial charge in [0.1, 0.15) is 11.4 Å². The van der Waals surface area contributed by atoms with E-state index in [-0.39, 0.29) is 29.9 Å². The van der Waals surface area contributed by atoms with Crippen LogP contribution in [0.5, 0.6) is 0 Å². The molecule has 0 spiro atoms. The van der Waals surface area contributed by atoms with Gasteiger partial charge in [-0.3, -0.25) is 19.3 Å². The Kier molecular flexibility index (Phi) is 4.63. The maximum Gasteiger partial charge on any atom is 0.272 e. The highest BCUT2D eigenvalue weighted by atomic mass is 16.2. The fourth-order valence-corrected chi connectivity index (χ4v) is 4.29. The van der Waals surface area contributed by atoms with Crippen molar-refractivity contribution in [3.8, 4) is 0 Å². The second kappa shape index (κ2) is 7.09. The monoisotopic (exact) mass is 368 g/mol. The lowest BCUT2D eigenvalue weighted by Crippen LogP contribution is -2.52. The summed E-state index contributed by atoms with van der Waals surface area (Å²) in [6.45, 7) is 4.49. The predicted molar refractivity (Wildman–Crippen MR) is 98.1 cm³/mol. The van der Waals surface area contributed by atoms with Crippen molar-refractivity contribution in [2.45, 2.75) is 64.2 Å². The average molecular weight is 368 g/mol. The third-order valence-corrected chi connectivity index (χ3v) is 5.55. The SMILES string of the molecule is CCn1nccc1C(=O)N1[C@@H]2CC[C@H]1CC(NC(=O)c1cnc(C)cn1)C2. The summed E-state index contributed by atoms with van der Waals surface area (Å²) in [5, 5.41) is 7.29. The maximum absolute atomic E-state index is 13.0. The molecule has 2 aromatic rings. The molecule has 0 saturated carbocycles. The predicted octanol–water partition coefficient (Wildman–Crippen LogP) is 1.57. The molecule has 0 radical (unpaired) electrons. The lowest BCUT2D eigenvalue weighted by Gasteiger charge is -2.39. The molecule has 27 heavy (non-hydrogen) atoms. The summed E-state index contributed by atoms with van der Waals surface area (Å²) in [5.74, 6) is -0.147. The molecule has 4 rings (SSSR count). The molecule has 0 aromatic carbocycles. The van der Waals surface area contributed by atoms with Crippen molar-refractivity contribution >= 4 is 11.8 Å². The van der Waals surface area contributed by atoms with E-state index in [2.05, 4.69) is 20.4 Å². The fraction of sp³-hybridized carbons (Fsp3) is 0.526. The quantitative estimate of drug-likeness (QED) is 0.884. The highest BCUT2D eigenvalue weighted by Crippen LogP contribution is 2.36. The molecule has 2 aromatic heterocycles. The zero-order valence-electron chi connectivity index (χ0n) is 15.6. The molecule has 8 heteroatoms. The molecule has 142 valence electrons. The van der Waals surface area contributed by atoms with Gasteiger partial charge < -0.3 is 10.2 Å². The Bertz CT molecular complexity index is 832. The number of piperidine rings is 1. The zero-order valence-corrected chi connectivity index (χ0v) is 15.6. The van der Waals surface area contributed by atoms with Gasteiger partial charge in [0.05, 0.1) is 11.9 Å². The summed E-state index contributed by atoms with van der Waals surface area (Å²) >= 11 is 0. The van der Waals surface area contributed by atoms with Gasteiger partial charge in [-0.05, 0) is 45.6 Å². The molecular formula is C19H24N6O2. The van der Waals surface area contributed by atoms with Crippen molar-refractivity contribution in [1.29, 1.82) is 0 Å². The van der Waals surface area contributed by atoms with Crippen LogP contribution in [0.4, 0.5) is 0 Å². The molecular weight excluding hydrogens is 344 g/mol. The van der Waals surface area contributed by atoms with Crippen LogP contribution in [0.25, 0.3) is 0 Å². The number of hydrogen-bond donors (Lipinski definition) is 1. The van der Waals surface area contributed by atoms with E-state index in [1.807, 2.05) is 18.7 Å². The Balaban J connectivity index is 1.43. The Morgan fingerprint density at radius 1 is 1.19 bits per heavy atom. The van der Waals surface area contributed by atoms with Crippen molar-refractivity contribution < 1.29 is 9.59 Å². The molecule has 8 nitrogen and oxygen atoms in total. The molecule has 2 amide bonds. The van der Waals surface area contributed by atoms with Gasteiger partial charge in [-0.25, -0.2) is 4.98 Å². The largest absolute Gasteiger partial charge is 0.348 e. The highest BCUT2D eigenvalue weighted by Gasteiger charge is 2.44. The lowest BCUT2D eigenvalue weighted by molar-refractivity contribution is 0.0537. The highest BCUT2D eigenvalue weighted by molar-refractivity contribution is 5.94. The normalized spacial score (nSPS) is 24.1. The minimum absolute atomic E-state index is 0.0519. The van der Waals surface area contributed by atoms with Gasteiger partial charge in [-0.15, -0.1) is 0 Å². The second-order valence-corrected chi connectivity index (χ2v) is 7.31. The van der Waals surface area contributed by atoms with E-state index in [1.165, 1.54) is 6.20 Å². The first kappa shape index (κ1) is 17.6. The first-order chi connectivity index (χ1) is 13.1. The summed E-state index contributed by atoms with van der Waals surface area (Å²) in [6.07, 6.45) is 8.27. The Labute approximate surface area is 158 Å². The van der Waals surface area contributed by atoms with Crippen LogP contribution in [-0.2, 0) is 6.54 Å². The van der Waals surface area contributed by atoms with Crippen molar-refractivity contribution in [3.63, 3.8) is 0 Å². The van der Waals surface area contributed by atoms with Gasteiger partial charge >= 0.3 is 0 Å². The number of aryl methyl sites for hydroxylation is 2. The number of fused-ring (bicyclic) bond motifs is 2. The van der Waals surface area contributed by atoms with Crippen LogP contribution in [-0.4, -0.2) is 54.6 Å². The van der Waals surface area contributed by atoms with E-state index in [0.29, 0.717) is 17.9 Å². The third kappa shape index (κ3) is 3.31. The average Bonchev–Trinajstić information content (AvgIpc) is 3.24.